The molecule has 74 valence electrons. The van der Waals surface area contributed by atoms with E-state index in [4.69, 9.17) is 5.14 Å². The Morgan fingerprint density at radius 3 is 2.79 bits per heavy atom. The monoisotopic (exact) mass is 210 g/mol. The van der Waals surface area contributed by atoms with Crippen LogP contribution in [0.25, 0.3) is 0 Å². The summed E-state index contributed by atoms with van der Waals surface area (Å²) in [6, 6.07) is 7.30. The predicted molar refractivity (Wildman–Crippen MR) is 54.5 cm³/mol. The zero-order chi connectivity index (χ0) is 10.2. The quantitative estimate of drug-likeness (QED) is 0.737. The number of hydrogen-bond donors (Lipinski definition) is 1. The average Bonchev–Trinajstić information content (AvgIpc) is 2.15. The molecule has 4 nitrogen and oxygen atoms in total. The van der Waals surface area contributed by atoms with E-state index in [0.717, 1.165) is 11.1 Å². The summed E-state index contributed by atoms with van der Waals surface area (Å²) in [5, 5.41) is 4.32. The first-order chi connectivity index (χ1) is 6.59. The van der Waals surface area contributed by atoms with E-state index in [2.05, 4.69) is 4.99 Å². The molecule has 2 N–H and O–H groups in total. The molecule has 0 radical (unpaired) electrons. The molecular formula is C9H10N2O2S. The Balaban J connectivity index is 2.57. The molecule has 1 unspecified atom stereocenters. The van der Waals surface area contributed by atoms with Crippen molar-refractivity contribution in [3.8, 4) is 0 Å². The summed E-state index contributed by atoms with van der Waals surface area (Å²) in [4.78, 5) is 3.98. The lowest BCUT2D eigenvalue weighted by molar-refractivity contribution is 0.593. The largest absolute Gasteiger partial charge is 0.291 e. The van der Waals surface area contributed by atoms with Crippen LogP contribution in [-0.4, -0.2) is 14.6 Å². The van der Waals surface area contributed by atoms with Gasteiger partial charge in [-0.25, -0.2) is 13.6 Å². The number of sulfonamides is 1. The summed E-state index contributed by atoms with van der Waals surface area (Å²) in [5.41, 5.74) is 1.67. The Hall–Kier alpha value is -1.20. The van der Waals surface area contributed by atoms with E-state index in [9.17, 15) is 8.42 Å². The smallest absolute Gasteiger partial charge is 0.221 e. The van der Waals surface area contributed by atoms with Crippen molar-refractivity contribution in [3.63, 3.8) is 0 Å². The minimum absolute atomic E-state index is 0.530. The number of benzene rings is 1. The van der Waals surface area contributed by atoms with Crippen LogP contribution in [-0.2, 0) is 16.6 Å². The molecule has 0 saturated heterocycles. The van der Waals surface area contributed by atoms with Crippen LogP contribution in [0.3, 0.4) is 0 Å². The second-order valence-electron chi connectivity index (χ2n) is 3.20. The molecule has 1 aliphatic rings. The van der Waals surface area contributed by atoms with Gasteiger partial charge in [0.25, 0.3) is 0 Å². The van der Waals surface area contributed by atoms with Gasteiger partial charge in [0.2, 0.25) is 10.0 Å². The van der Waals surface area contributed by atoms with E-state index in [1.165, 1.54) is 6.21 Å². The lowest BCUT2D eigenvalue weighted by atomic mass is 10.0. The Kier molecular flexibility index (Phi) is 2.13. The Bertz CT molecular complexity index is 479. The third-order valence-corrected chi connectivity index (χ3v) is 3.30. The van der Waals surface area contributed by atoms with Crippen molar-refractivity contribution in [2.45, 2.75) is 11.8 Å². The topological polar surface area (TPSA) is 72.5 Å². The Morgan fingerprint density at radius 1 is 1.36 bits per heavy atom. The van der Waals surface area contributed by atoms with Gasteiger partial charge in [0.15, 0.2) is 0 Å². The van der Waals surface area contributed by atoms with Crippen LogP contribution in [0.2, 0.25) is 0 Å². The lowest BCUT2D eigenvalue weighted by Crippen LogP contribution is -2.25. The van der Waals surface area contributed by atoms with Crippen molar-refractivity contribution in [1.29, 1.82) is 0 Å². The van der Waals surface area contributed by atoms with Crippen molar-refractivity contribution in [2.75, 3.05) is 0 Å². The normalized spacial score (nSPS) is 20.5. The maximum absolute atomic E-state index is 11.2. The third kappa shape index (κ3) is 1.56. The molecule has 0 aliphatic carbocycles. The minimum atomic E-state index is -3.59. The van der Waals surface area contributed by atoms with Gasteiger partial charge in [0.05, 0.1) is 6.54 Å². The second kappa shape index (κ2) is 3.18. The summed E-state index contributed by atoms with van der Waals surface area (Å²) in [7, 11) is -3.59. The van der Waals surface area contributed by atoms with Gasteiger partial charge in [-0.1, -0.05) is 24.3 Å². The average molecular weight is 210 g/mol. The zero-order valence-corrected chi connectivity index (χ0v) is 8.24. The number of primary sulfonamides is 1. The molecule has 1 aromatic rings. The molecule has 0 bridgehead atoms. The molecule has 0 aromatic heterocycles. The molecule has 1 atom stereocenters. The fourth-order valence-electron chi connectivity index (χ4n) is 1.54. The third-order valence-electron chi connectivity index (χ3n) is 2.22. The van der Waals surface area contributed by atoms with E-state index in [-0.39, 0.29) is 0 Å². The molecule has 14 heavy (non-hydrogen) atoms. The van der Waals surface area contributed by atoms with E-state index in [1.807, 2.05) is 12.1 Å². The highest BCUT2D eigenvalue weighted by Crippen LogP contribution is 2.26. The minimum Gasteiger partial charge on any atom is -0.291 e. The first-order valence-electron chi connectivity index (χ1n) is 4.18. The van der Waals surface area contributed by atoms with E-state index < -0.39 is 15.3 Å². The SMILES string of the molecule is NS(=O)(=O)C1C=NCc2ccccc21. The highest BCUT2D eigenvalue weighted by atomic mass is 32.2. The standard InChI is InChI=1S/C9H10N2O2S/c10-14(12,13)9-6-11-5-7-3-1-2-4-8(7)9/h1-4,6,9H,5H2,(H2,10,12,13). The fraction of sp³-hybridized carbons (Fsp3) is 0.222. The molecule has 1 aliphatic heterocycles. The fourth-order valence-corrected chi connectivity index (χ4v) is 2.38. The molecular weight excluding hydrogens is 200 g/mol. The van der Waals surface area contributed by atoms with Crippen molar-refractivity contribution >= 4 is 16.2 Å². The number of nitrogens with zero attached hydrogens (tertiary/aromatic N) is 1. The van der Waals surface area contributed by atoms with E-state index >= 15 is 0 Å². The Labute approximate surface area is 82.5 Å². The molecule has 0 fully saturated rings. The first-order valence-corrected chi connectivity index (χ1v) is 5.79. The van der Waals surface area contributed by atoms with Gasteiger partial charge in [0, 0.05) is 6.21 Å². The molecule has 0 amide bonds. The molecule has 1 aromatic carbocycles. The maximum Gasteiger partial charge on any atom is 0.221 e. The lowest BCUT2D eigenvalue weighted by Gasteiger charge is -2.17. The molecule has 1 heterocycles. The second-order valence-corrected chi connectivity index (χ2v) is 4.88. The van der Waals surface area contributed by atoms with Crippen LogP contribution in [0.1, 0.15) is 16.4 Å². The zero-order valence-electron chi connectivity index (χ0n) is 7.42. The number of aliphatic imine (C=N–C) groups is 1. The van der Waals surface area contributed by atoms with Crippen LogP contribution in [0.15, 0.2) is 29.3 Å². The van der Waals surface area contributed by atoms with Gasteiger partial charge in [-0.15, -0.1) is 0 Å². The van der Waals surface area contributed by atoms with Gasteiger partial charge >= 0.3 is 0 Å². The maximum atomic E-state index is 11.2. The van der Waals surface area contributed by atoms with Crippen LogP contribution >= 0.6 is 0 Å². The predicted octanol–water partition coefficient (Wildman–Crippen LogP) is 0.601. The Morgan fingerprint density at radius 2 is 2.07 bits per heavy atom. The highest BCUT2D eigenvalue weighted by Gasteiger charge is 2.25. The summed E-state index contributed by atoms with van der Waals surface area (Å²) in [5.74, 6) is 0. The molecule has 2 rings (SSSR count). The van der Waals surface area contributed by atoms with Gasteiger partial charge < -0.3 is 0 Å². The van der Waals surface area contributed by atoms with Gasteiger partial charge in [0.1, 0.15) is 5.25 Å². The van der Waals surface area contributed by atoms with Crippen molar-refractivity contribution in [1.82, 2.24) is 0 Å². The van der Waals surface area contributed by atoms with Crippen LogP contribution < -0.4 is 5.14 Å². The molecule has 0 saturated carbocycles. The molecule has 0 spiro atoms. The number of hydrogen-bond acceptors (Lipinski definition) is 3. The van der Waals surface area contributed by atoms with E-state index in [0.29, 0.717) is 6.54 Å². The van der Waals surface area contributed by atoms with Crippen LogP contribution in [0.5, 0.6) is 0 Å². The van der Waals surface area contributed by atoms with Crippen molar-refractivity contribution < 1.29 is 8.42 Å². The van der Waals surface area contributed by atoms with Gasteiger partial charge in [-0.3, -0.25) is 4.99 Å². The van der Waals surface area contributed by atoms with Gasteiger partial charge in [-0.2, -0.15) is 0 Å². The van der Waals surface area contributed by atoms with Crippen molar-refractivity contribution in [3.05, 3.63) is 35.4 Å². The molecule has 5 heteroatoms. The van der Waals surface area contributed by atoms with E-state index in [1.54, 1.807) is 12.1 Å². The first kappa shape index (κ1) is 9.36. The van der Waals surface area contributed by atoms with Crippen LogP contribution in [0, 0.1) is 0 Å². The summed E-state index contributed by atoms with van der Waals surface area (Å²) >= 11 is 0. The summed E-state index contributed by atoms with van der Waals surface area (Å²) in [6.07, 6.45) is 1.40. The highest BCUT2D eigenvalue weighted by molar-refractivity contribution is 7.90. The van der Waals surface area contributed by atoms with Crippen molar-refractivity contribution in [2.24, 2.45) is 10.1 Å². The number of rotatable bonds is 1. The van der Waals surface area contributed by atoms with Crippen LogP contribution in [0.4, 0.5) is 0 Å². The van der Waals surface area contributed by atoms with Gasteiger partial charge in [-0.05, 0) is 11.1 Å². The summed E-state index contributed by atoms with van der Waals surface area (Å²) < 4.78 is 22.5. The number of nitrogens with two attached hydrogens (primary N) is 1. The number of fused-ring (bicyclic) bond motifs is 1. The summed E-state index contributed by atoms with van der Waals surface area (Å²) in [6.45, 7) is 0.530.